The fourth-order valence-corrected chi connectivity index (χ4v) is 6.27. The standard InChI is InChI=1S/C20H20N4O2S3/c25-29(26,17-8-7-14-4-1-2-5-15(14)12-17)21-10-9-16-13-28-20-22-19(23-24(16)20)18-6-3-11-27-18/h3,6-8,11-13,21H,1-2,4-5,9-10H2. The lowest BCUT2D eigenvalue weighted by molar-refractivity contribution is 0.580. The van der Waals surface area contributed by atoms with Gasteiger partial charge in [0.2, 0.25) is 15.0 Å². The summed E-state index contributed by atoms with van der Waals surface area (Å²) < 4.78 is 30.0. The first-order valence-electron chi connectivity index (χ1n) is 9.59. The number of benzene rings is 1. The number of fused-ring (bicyclic) bond motifs is 2. The normalized spacial score (nSPS) is 14.3. The molecule has 3 heterocycles. The lowest BCUT2D eigenvalue weighted by Crippen LogP contribution is -2.26. The average molecular weight is 445 g/mol. The minimum absolute atomic E-state index is 0.319. The zero-order valence-electron chi connectivity index (χ0n) is 15.7. The van der Waals surface area contributed by atoms with E-state index in [1.54, 1.807) is 17.4 Å². The highest BCUT2D eigenvalue weighted by Gasteiger charge is 2.18. The number of sulfonamides is 1. The number of hydrogen-bond acceptors (Lipinski definition) is 6. The van der Waals surface area contributed by atoms with E-state index >= 15 is 0 Å². The number of aromatic nitrogens is 3. The molecule has 0 saturated carbocycles. The minimum atomic E-state index is -3.52. The number of nitrogens with one attached hydrogen (secondary N) is 1. The van der Waals surface area contributed by atoms with Crippen molar-refractivity contribution in [3.8, 4) is 10.7 Å². The monoisotopic (exact) mass is 444 g/mol. The Labute approximate surface area is 177 Å². The van der Waals surface area contributed by atoms with Gasteiger partial charge < -0.3 is 0 Å². The van der Waals surface area contributed by atoms with E-state index in [2.05, 4.69) is 14.8 Å². The molecule has 3 aromatic heterocycles. The van der Waals surface area contributed by atoms with Crippen LogP contribution in [0.1, 0.15) is 29.7 Å². The van der Waals surface area contributed by atoms with E-state index in [4.69, 9.17) is 0 Å². The molecule has 6 nitrogen and oxygen atoms in total. The molecule has 0 fully saturated rings. The number of thiophene rings is 1. The summed E-state index contributed by atoms with van der Waals surface area (Å²) >= 11 is 3.12. The van der Waals surface area contributed by atoms with E-state index in [-0.39, 0.29) is 0 Å². The average Bonchev–Trinajstić information content (AvgIpc) is 3.45. The van der Waals surface area contributed by atoms with Crippen molar-refractivity contribution in [3.63, 3.8) is 0 Å². The number of hydrogen-bond donors (Lipinski definition) is 1. The maximum atomic E-state index is 12.7. The Morgan fingerprint density at radius 3 is 2.79 bits per heavy atom. The van der Waals surface area contributed by atoms with Crippen LogP contribution in [0.25, 0.3) is 15.7 Å². The molecular formula is C20H20N4O2S3. The van der Waals surface area contributed by atoms with Crippen molar-refractivity contribution in [2.45, 2.75) is 37.0 Å². The van der Waals surface area contributed by atoms with Crippen LogP contribution in [0.15, 0.2) is 46.0 Å². The highest BCUT2D eigenvalue weighted by atomic mass is 32.2. The van der Waals surface area contributed by atoms with E-state index < -0.39 is 10.0 Å². The van der Waals surface area contributed by atoms with Crippen molar-refractivity contribution in [1.29, 1.82) is 0 Å². The largest absolute Gasteiger partial charge is 0.240 e. The third kappa shape index (κ3) is 3.75. The molecule has 0 spiro atoms. The van der Waals surface area contributed by atoms with Crippen LogP contribution >= 0.6 is 22.7 Å². The van der Waals surface area contributed by atoms with Crippen molar-refractivity contribution < 1.29 is 8.42 Å². The molecule has 29 heavy (non-hydrogen) atoms. The van der Waals surface area contributed by atoms with Gasteiger partial charge in [0, 0.05) is 18.3 Å². The topological polar surface area (TPSA) is 76.4 Å². The molecule has 0 amide bonds. The first kappa shape index (κ1) is 18.9. The second kappa shape index (κ2) is 7.64. The lowest BCUT2D eigenvalue weighted by atomic mass is 9.92. The molecule has 0 radical (unpaired) electrons. The molecule has 0 aliphatic heterocycles. The van der Waals surface area contributed by atoms with Crippen molar-refractivity contribution >= 4 is 37.7 Å². The third-order valence-corrected chi connectivity index (χ3v) is 8.38. The Morgan fingerprint density at radius 1 is 1.10 bits per heavy atom. The highest BCUT2D eigenvalue weighted by Crippen LogP contribution is 2.25. The summed E-state index contributed by atoms with van der Waals surface area (Å²) in [5, 5.41) is 8.57. The number of aryl methyl sites for hydroxylation is 2. The maximum absolute atomic E-state index is 12.7. The van der Waals surface area contributed by atoms with Gasteiger partial charge in [-0.2, -0.15) is 4.98 Å². The van der Waals surface area contributed by atoms with Crippen molar-refractivity contribution in [3.05, 3.63) is 57.9 Å². The Hall–Kier alpha value is -2.07. The maximum Gasteiger partial charge on any atom is 0.240 e. The van der Waals surface area contributed by atoms with Crippen LogP contribution in [0.3, 0.4) is 0 Å². The Bertz CT molecular complexity index is 1260. The fourth-order valence-electron chi connectivity index (χ4n) is 3.68. The zero-order valence-corrected chi connectivity index (χ0v) is 18.1. The summed E-state index contributed by atoms with van der Waals surface area (Å²) in [6.45, 7) is 0.319. The van der Waals surface area contributed by atoms with Crippen molar-refractivity contribution in [2.24, 2.45) is 0 Å². The second-order valence-electron chi connectivity index (χ2n) is 7.12. The fraction of sp³-hybridized carbons (Fsp3) is 0.300. The number of nitrogens with zero attached hydrogens (tertiary/aromatic N) is 3. The van der Waals surface area contributed by atoms with Gasteiger partial charge in [-0.3, -0.25) is 0 Å². The summed E-state index contributed by atoms with van der Waals surface area (Å²) in [5.74, 6) is 0.711. The molecule has 5 rings (SSSR count). The smallest absolute Gasteiger partial charge is 0.211 e. The Morgan fingerprint density at radius 2 is 1.97 bits per heavy atom. The van der Waals surface area contributed by atoms with Gasteiger partial charge in [0.25, 0.3) is 0 Å². The van der Waals surface area contributed by atoms with Crippen molar-refractivity contribution in [1.82, 2.24) is 19.3 Å². The van der Waals surface area contributed by atoms with E-state index in [1.165, 1.54) is 28.9 Å². The predicted octanol–water partition coefficient (Wildman–Crippen LogP) is 3.92. The van der Waals surface area contributed by atoms with Crippen LogP contribution in [-0.2, 0) is 29.3 Å². The molecule has 9 heteroatoms. The van der Waals surface area contributed by atoms with Crippen molar-refractivity contribution in [2.75, 3.05) is 6.54 Å². The molecule has 1 N–H and O–H groups in total. The summed E-state index contributed by atoms with van der Waals surface area (Å²) in [6, 6.07) is 9.50. The molecule has 1 aliphatic carbocycles. The highest BCUT2D eigenvalue weighted by molar-refractivity contribution is 7.89. The lowest BCUT2D eigenvalue weighted by Gasteiger charge is -2.16. The second-order valence-corrected chi connectivity index (χ2v) is 10.7. The SMILES string of the molecule is O=S(=O)(NCCc1csc2nc(-c3cccs3)nn12)c1ccc2c(c1)CCCC2. The summed E-state index contributed by atoms with van der Waals surface area (Å²) in [6.07, 6.45) is 4.87. The Balaban J connectivity index is 1.29. The van der Waals surface area contributed by atoms with Gasteiger partial charge in [-0.25, -0.2) is 17.7 Å². The molecule has 4 aromatic rings. The molecule has 0 bridgehead atoms. The van der Waals surface area contributed by atoms with Crippen LogP contribution < -0.4 is 4.72 Å². The first-order chi connectivity index (χ1) is 14.1. The quantitative estimate of drug-likeness (QED) is 0.489. The number of rotatable bonds is 6. The van der Waals surface area contributed by atoms with Gasteiger partial charge in [-0.15, -0.1) is 27.8 Å². The van der Waals surface area contributed by atoms with E-state index in [9.17, 15) is 8.42 Å². The number of thiazole rings is 1. The molecular weight excluding hydrogens is 424 g/mol. The molecule has 1 aliphatic rings. The first-order valence-corrected chi connectivity index (χ1v) is 12.8. The minimum Gasteiger partial charge on any atom is -0.211 e. The zero-order chi connectivity index (χ0) is 19.8. The molecule has 0 saturated heterocycles. The molecule has 0 atom stereocenters. The van der Waals surface area contributed by atoms with E-state index in [0.717, 1.165) is 34.8 Å². The van der Waals surface area contributed by atoms with Crippen LogP contribution in [0, 0.1) is 0 Å². The summed E-state index contributed by atoms with van der Waals surface area (Å²) in [5.41, 5.74) is 3.40. The third-order valence-electron chi connectivity index (χ3n) is 5.19. The van der Waals surface area contributed by atoms with E-state index in [1.807, 2.05) is 39.5 Å². The van der Waals surface area contributed by atoms with Gasteiger partial charge in [0.1, 0.15) is 0 Å². The molecule has 0 unspecified atom stereocenters. The Kier molecular flexibility index (Phi) is 4.99. The molecule has 150 valence electrons. The van der Waals surface area contributed by atoms with Gasteiger partial charge in [-0.05, 0) is 60.4 Å². The van der Waals surface area contributed by atoms with E-state index in [0.29, 0.717) is 23.7 Å². The van der Waals surface area contributed by atoms with Gasteiger partial charge >= 0.3 is 0 Å². The summed E-state index contributed by atoms with van der Waals surface area (Å²) in [4.78, 5) is 6.77. The van der Waals surface area contributed by atoms with Crippen LogP contribution in [0.4, 0.5) is 0 Å². The van der Waals surface area contributed by atoms with Gasteiger partial charge in [0.15, 0.2) is 5.82 Å². The van der Waals surface area contributed by atoms with Crippen LogP contribution in [0.5, 0.6) is 0 Å². The van der Waals surface area contributed by atoms with Crippen LogP contribution in [0.2, 0.25) is 0 Å². The van der Waals surface area contributed by atoms with Gasteiger partial charge in [0.05, 0.1) is 15.5 Å². The summed E-state index contributed by atoms with van der Waals surface area (Å²) in [7, 11) is -3.52. The molecule has 1 aromatic carbocycles. The van der Waals surface area contributed by atoms with Crippen LogP contribution in [-0.4, -0.2) is 29.6 Å². The predicted molar refractivity (Wildman–Crippen MR) is 116 cm³/mol. The van der Waals surface area contributed by atoms with Gasteiger partial charge in [-0.1, -0.05) is 12.1 Å².